The molecule has 4 rings (SSSR count). The molecule has 2 heterocycles. The first kappa shape index (κ1) is 21.4. The van der Waals surface area contributed by atoms with E-state index in [1.807, 2.05) is 24.3 Å². The maximum absolute atomic E-state index is 14.8. The molecule has 0 saturated carbocycles. The molecule has 2 aliphatic heterocycles. The van der Waals surface area contributed by atoms with Crippen LogP contribution in [0.25, 0.3) is 0 Å². The van der Waals surface area contributed by atoms with Gasteiger partial charge in [-0.3, -0.25) is 0 Å². The van der Waals surface area contributed by atoms with E-state index in [4.69, 9.17) is 9.47 Å². The number of aliphatic hydroxyl groups excluding tert-OH is 4. The smallest absolute Gasteiger partial charge is 0.225 e. The molecule has 2 aliphatic rings. The Bertz CT molecular complexity index is 913. The molecule has 0 bridgehead atoms. The van der Waals surface area contributed by atoms with E-state index in [0.29, 0.717) is 29.0 Å². The second-order valence-electron chi connectivity index (χ2n) is 8.39. The van der Waals surface area contributed by atoms with E-state index in [2.05, 4.69) is 13.8 Å². The molecule has 30 heavy (non-hydrogen) atoms. The maximum Gasteiger partial charge on any atom is 0.225 e. The maximum atomic E-state index is 14.8. The van der Waals surface area contributed by atoms with Gasteiger partial charge < -0.3 is 29.9 Å². The van der Waals surface area contributed by atoms with Gasteiger partial charge in [-0.05, 0) is 40.3 Å². The second-order valence-corrected chi connectivity index (χ2v) is 8.39. The lowest BCUT2D eigenvalue weighted by atomic mass is 9.86. The van der Waals surface area contributed by atoms with E-state index in [1.165, 1.54) is 11.6 Å². The highest BCUT2D eigenvalue weighted by molar-refractivity contribution is 5.42. The summed E-state index contributed by atoms with van der Waals surface area (Å²) in [6.07, 6.45) is -5.47. The van der Waals surface area contributed by atoms with Crippen molar-refractivity contribution in [3.05, 3.63) is 70.0 Å². The number of rotatable bonds is 4. The van der Waals surface area contributed by atoms with Crippen LogP contribution in [0.4, 0.5) is 4.39 Å². The molecule has 162 valence electrons. The molecule has 1 fully saturated rings. The Morgan fingerprint density at radius 2 is 1.80 bits per heavy atom. The van der Waals surface area contributed by atoms with Gasteiger partial charge in [0.1, 0.15) is 30.2 Å². The van der Waals surface area contributed by atoms with Gasteiger partial charge in [-0.15, -0.1) is 0 Å². The highest BCUT2D eigenvalue weighted by atomic mass is 19.1. The lowest BCUT2D eigenvalue weighted by Crippen LogP contribution is -2.63. The van der Waals surface area contributed by atoms with Crippen LogP contribution in [0.3, 0.4) is 0 Å². The van der Waals surface area contributed by atoms with Gasteiger partial charge in [-0.2, -0.15) is 0 Å². The van der Waals surface area contributed by atoms with Crippen LogP contribution in [0.2, 0.25) is 0 Å². The minimum atomic E-state index is -1.77. The van der Waals surface area contributed by atoms with Crippen molar-refractivity contribution in [2.75, 3.05) is 6.61 Å². The van der Waals surface area contributed by atoms with Gasteiger partial charge in [-0.1, -0.05) is 38.1 Å². The number of fused-ring (bicyclic) bond motifs is 2. The number of halogens is 1. The SMILES string of the molecule is CC(C)c1ccc(Cc2cc3c(cc2F)COC32O[C@H](CO)[C@@H](O)[C@H](O)[C@H]2O)cc1. The number of ether oxygens (including phenoxy) is 2. The molecule has 5 atom stereocenters. The van der Waals surface area contributed by atoms with E-state index >= 15 is 0 Å². The third-order valence-electron chi connectivity index (χ3n) is 6.08. The molecule has 1 saturated heterocycles. The topological polar surface area (TPSA) is 99.4 Å². The molecular weight excluding hydrogens is 391 g/mol. The van der Waals surface area contributed by atoms with E-state index in [-0.39, 0.29) is 6.61 Å². The first-order chi connectivity index (χ1) is 14.3. The van der Waals surface area contributed by atoms with Crippen molar-refractivity contribution < 1.29 is 34.3 Å². The first-order valence-electron chi connectivity index (χ1n) is 10.1. The molecule has 2 aromatic rings. The van der Waals surface area contributed by atoms with E-state index in [1.54, 1.807) is 6.07 Å². The van der Waals surface area contributed by atoms with Gasteiger partial charge in [-0.25, -0.2) is 4.39 Å². The fourth-order valence-electron chi connectivity index (χ4n) is 4.22. The van der Waals surface area contributed by atoms with Crippen molar-refractivity contribution in [3.63, 3.8) is 0 Å². The van der Waals surface area contributed by atoms with Crippen LogP contribution in [-0.4, -0.2) is 51.4 Å². The molecule has 0 amide bonds. The average molecular weight is 418 g/mol. The predicted molar refractivity (Wildman–Crippen MR) is 106 cm³/mol. The summed E-state index contributed by atoms with van der Waals surface area (Å²) in [6.45, 7) is 3.62. The Hall–Kier alpha value is -1.87. The highest BCUT2D eigenvalue weighted by Crippen LogP contribution is 2.46. The molecular formula is C23H27FO6. The highest BCUT2D eigenvalue weighted by Gasteiger charge is 2.58. The summed E-state index contributed by atoms with van der Waals surface area (Å²) < 4.78 is 26.2. The molecule has 6 nitrogen and oxygen atoms in total. The molecule has 7 heteroatoms. The molecule has 0 aliphatic carbocycles. The lowest BCUT2D eigenvalue weighted by Gasteiger charge is -2.46. The molecule has 2 aromatic carbocycles. The van der Waals surface area contributed by atoms with Gasteiger partial charge >= 0.3 is 0 Å². The minimum absolute atomic E-state index is 0.0202. The van der Waals surface area contributed by atoms with Crippen molar-refractivity contribution in [2.24, 2.45) is 0 Å². The Labute approximate surface area is 174 Å². The Morgan fingerprint density at radius 3 is 2.43 bits per heavy atom. The zero-order chi connectivity index (χ0) is 21.6. The van der Waals surface area contributed by atoms with E-state index < -0.39 is 42.6 Å². The van der Waals surface area contributed by atoms with Crippen molar-refractivity contribution >= 4 is 0 Å². The Morgan fingerprint density at radius 1 is 1.10 bits per heavy atom. The number of hydrogen-bond acceptors (Lipinski definition) is 6. The Balaban J connectivity index is 1.69. The number of benzene rings is 2. The van der Waals surface area contributed by atoms with Gasteiger partial charge in [0.15, 0.2) is 0 Å². The molecule has 1 spiro atoms. The number of aliphatic hydroxyl groups is 4. The van der Waals surface area contributed by atoms with Crippen LogP contribution in [0.1, 0.15) is 47.6 Å². The molecule has 4 N–H and O–H groups in total. The summed E-state index contributed by atoms with van der Waals surface area (Å²) in [5.74, 6) is -1.77. The van der Waals surface area contributed by atoms with Crippen LogP contribution in [0.15, 0.2) is 36.4 Å². The molecule has 0 aromatic heterocycles. The summed E-state index contributed by atoms with van der Waals surface area (Å²) in [7, 11) is 0. The van der Waals surface area contributed by atoms with Crippen molar-refractivity contribution in [1.29, 1.82) is 0 Å². The zero-order valence-corrected chi connectivity index (χ0v) is 17.0. The second kappa shape index (κ2) is 8.00. The van der Waals surface area contributed by atoms with Crippen LogP contribution in [-0.2, 0) is 28.3 Å². The van der Waals surface area contributed by atoms with Crippen molar-refractivity contribution in [3.8, 4) is 0 Å². The largest absolute Gasteiger partial charge is 0.394 e. The monoisotopic (exact) mass is 418 g/mol. The fraction of sp³-hybridized carbons (Fsp3) is 0.478. The summed E-state index contributed by atoms with van der Waals surface area (Å²) in [6, 6.07) is 10.9. The van der Waals surface area contributed by atoms with Crippen LogP contribution < -0.4 is 0 Å². The van der Waals surface area contributed by atoms with Gasteiger partial charge in [0.05, 0.1) is 13.2 Å². The average Bonchev–Trinajstić information content (AvgIpc) is 3.08. The van der Waals surface area contributed by atoms with E-state index in [0.717, 1.165) is 5.56 Å². The van der Waals surface area contributed by atoms with Crippen molar-refractivity contribution in [2.45, 2.75) is 63.0 Å². The zero-order valence-electron chi connectivity index (χ0n) is 17.0. The summed E-state index contributed by atoms with van der Waals surface area (Å²) in [5.41, 5.74) is 3.41. The van der Waals surface area contributed by atoms with Gasteiger partial charge in [0.25, 0.3) is 0 Å². The fourth-order valence-corrected chi connectivity index (χ4v) is 4.22. The van der Waals surface area contributed by atoms with Crippen molar-refractivity contribution in [1.82, 2.24) is 0 Å². The van der Waals surface area contributed by atoms with Crippen LogP contribution >= 0.6 is 0 Å². The Kier molecular flexibility index (Phi) is 5.69. The van der Waals surface area contributed by atoms with Crippen LogP contribution in [0.5, 0.6) is 0 Å². The lowest BCUT2D eigenvalue weighted by molar-refractivity contribution is -0.368. The van der Waals surface area contributed by atoms with Crippen LogP contribution in [0, 0.1) is 5.82 Å². The summed E-state index contributed by atoms with van der Waals surface area (Å²) in [4.78, 5) is 0. The van der Waals surface area contributed by atoms with Gasteiger partial charge in [0.2, 0.25) is 5.79 Å². The third kappa shape index (κ3) is 3.45. The molecule has 1 unspecified atom stereocenters. The molecule has 0 radical (unpaired) electrons. The first-order valence-corrected chi connectivity index (χ1v) is 10.1. The summed E-state index contributed by atoms with van der Waals surface area (Å²) >= 11 is 0. The quantitative estimate of drug-likeness (QED) is 0.603. The predicted octanol–water partition coefficient (Wildman–Crippen LogP) is 1.70. The normalized spacial score (nSPS) is 30.8. The number of hydrogen-bond donors (Lipinski definition) is 4. The van der Waals surface area contributed by atoms with Gasteiger partial charge in [0, 0.05) is 12.0 Å². The standard InChI is InChI=1S/C23H27FO6/c1-12(2)14-5-3-13(4-6-14)7-15-8-17-16(9-18(15)24)11-29-23(17)22(28)21(27)20(26)19(10-25)30-23/h3-6,8-9,12,19-22,25-28H,7,10-11H2,1-2H3/t19-,20-,21+,22-,23?/m1/s1. The van der Waals surface area contributed by atoms with E-state index in [9.17, 15) is 24.8 Å². The minimum Gasteiger partial charge on any atom is -0.394 e. The summed E-state index contributed by atoms with van der Waals surface area (Å²) in [5, 5.41) is 40.5. The third-order valence-corrected chi connectivity index (χ3v) is 6.08.